The van der Waals surface area contributed by atoms with Crippen molar-refractivity contribution in [2.75, 3.05) is 6.61 Å². The van der Waals surface area contributed by atoms with Crippen LogP contribution in [0.3, 0.4) is 0 Å². The number of ether oxygens (including phenoxy) is 2. The van der Waals surface area contributed by atoms with Gasteiger partial charge in [-0.25, -0.2) is 4.79 Å². The van der Waals surface area contributed by atoms with E-state index in [0.717, 1.165) is 17.2 Å². The number of aliphatic carboxylic acids is 1. The molecule has 0 fully saturated rings. The number of aliphatic hydroxyl groups is 1. The first-order valence-electron chi connectivity index (χ1n) is 8.75. The first kappa shape index (κ1) is 22.3. The number of rotatable bonds is 3. The van der Waals surface area contributed by atoms with Gasteiger partial charge >= 0.3 is 12.1 Å². The number of fused-ring (bicyclic) bond motifs is 1. The number of benzene rings is 2. The van der Waals surface area contributed by atoms with Crippen molar-refractivity contribution in [3.63, 3.8) is 0 Å². The van der Waals surface area contributed by atoms with Crippen LogP contribution in [0, 0.1) is 13.8 Å². The fourth-order valence-corrected chi connectivity index (χ4v) is 2.59. The lowest BCUT2D eigenvalue weighted by Crippen LogP contribution is -2.40. The summed E-state index contributed by atoms with van der Waals surface area (Å²) in [5, 5.41) is 16.6. The minimum absolute atomic E-state index is 0.0832. The molecule has 1 heterocycles. The Morgan fingerprint density at radius 2 is 1.83 bits per heavy atom. The highest BCUT2D eigenvalue weighted by Gasteiger charge is 2.48. The fraction of sp³-hybridized carbons (Fsp3) is 0.286. The van der Waals surface area contributed by atoms with Crippen molar-refractivity contribution in [3.05, 3.63) is 58.7 Å². The third-order valence-corrected chi connectivity index (χ3v) is 3.94. The number of hydrogen-bond acceptors (Lipinski definition) is 4. The Hall–Kier alpha value is -3.00. The van der Waals surface area contributed by atoms with E-state index < -0.39 is 23.8 Å². The summed E-state index contributed by atoms with van der Waals surface area (Å²) in [6.45, 7) is 5.68. The summed E-state index contributed by atoms with van der Waals surface area (Å²) in [4.78, 5) is 11.1. The van der Waals surface area contributed by atoms with Gasteiger partial charge in [0.15, 0.2) is 0 Å². The Morgan fingerprint density at radius 3 is 2.41 bits per heavy atom. The molecule has 3 rings (SSSR count). The predicted molar refractivity (Wildman–Crippen MR) is 101 cm³/mol. The van der Waals surface area contributed by atoms with Crippen molar-refractivity contribution >= 4 is 12.0 Å². The molecule has 0 aromatic heterocycles. The molecular weight excluding hydrogens is 389 g/mol. The number of carbonyl (C=O) groups is 1. The van der Waals surface area contributed by atoms with Gasteiger partial charge in [-0.15, -0.1) is 0 Å². The maximum atomic E-state index is 13.1. The molecule has 2 aromatic rings. The van der Waals surface area contributed by atoms with Crippen LogP contribution in [0.15, 0.2) is 42.0 Å². The zero-order valence-corrected chi connectivity index (χ0v) is 16.1. The molecule has 1 aliphatic heterocycles. The highest BCUT2D eigenvalue weighted by molar-refractivity contribution is 5.95. The Labute approximate surface area is 166 Å². The quantitative estimate of drug-likeness (QED) is 0.754. The third-order valence-electron chi connectivity index (χ3n) is 3.94. The van der Waals surface area contributed by atoms with Crippen LogP contribution in [0.4, 0.5) is 13.2 Å². The van der Waals surface area contributed by atoms with Crippen molar-refractivity contribution in [1.82, 2.24) is 0 Å². The minimum Gasteiger partial charge on any atom is -0.478 e. The molecule has 0 saturated carbocycles. The highest BCUT2D eigenvalue weighted by atomic mass is 19.4. The standard InChI is InChI=1S/C19H15F3O4.C2H6O/c1-10-3-4-11(2)15(7-10)25-13-6-5-12-8-14(18(23)24)17(19(20,21)22)26-16(12)9-13;1-2-3/h3-9,17H,1-2H3,(H,23,24);3H,2H2,1H3/t17-;/m1./s1. The molecule has 0 amide bonds. The smallest absolute Gasteiger partial charge is 0.430 e. The minimum atomic E-state index is -4.84. The highest BCUT2D eigenvalue weighted by Crippen LogP contribution is 2.39. The van der Waals surface area contributed by atoms with E-state index in [1.807, 2.05) is 32.0 Å². The largest absolute Gasteiger partial charge is 0.478 e. The molecule has 1 atom stereocenters. The topological polar surface area (TPSA) is 76.0 Å². The maximum Gasteiger partial charge on any atom is 0.430 e. The second kappa shape index (κ2) is 9.00. The van der Waals surface area contributed by atoms with Gasteiger partial charge in [-0.05, 0) is 56.2 Å². The van der Waals surface area contributed by atoms with E-state index >= 15 is 0 Å². The van der Waals surface area contributed by atoms with Crippen molar-refractivity contribution in [1.29, 1.82) is 0 Å². The van der Waals surface area contributed by atoms with Crippen LogP contribution in [-0.2, 0) is 4.79 Å². The van der Waals surface area contributed by atoms with Crippen LogP contribution in [-0.4, -0.2) is 35.1 Å². The van der Waals surface area contributed by atoms with E-state index in [1.54, 1.807) is 13.0 Å². The molecule has 0 aliphatic carbocycles. The van der Waals surface area contributed by atoms with Gasteiger partial charge in [0.05, 0.1) is 5.57 Å². The van der Waals surface area contributed by atoms with E-state index in [9.17, 15) is 18.0 Å². The summed E-state index contributed by atoms with van der Waals surface area (Å²) in [5.74, 6) is -0.880. The number of aryl methyl sites for hydroxylation is 2. The molecule has 0 bridgehead atoms. The van der Waals surface area contributed by atoms with Crippen LogP contribution >= 0.6 is 0 Å². The summed E-state index contributed by atoms with van der Waals surface area (Å²) in [6, 6.07) is 9.95. The van der Waals surface area contributed by atoms with Crippen LogP contribution in [0.1, 0.15) is 23.6 Å². The van der Waals surface area contributed by atoms with Crippen molar-refractivity contribution in [2.24, 2.45) is 0 Å². The lowest BCUT2D eigenvalue weighted by atomic mass is 10.0. The molecule has 0 unspecified atom stereocenters. The Bertz CT molecular complexity index is 919. The number of aliphatic hydroxyl groups excluding tert-OH is 1. The monoisotopic (exact) mass is 410 g/mol. The molecule has 0 saturated heterocycles. The van der Waals surface area contributed by atoms with Gasteiger partial charge in [-0.3, -0.25) is 0 Å². The zero-order valence-electron chi connectivity index (χ0n) is 16.1. The molecular formula is C21H21F3O5. The second-order valence-corrected chi connectivity index (χ2v) is 6.33. The predicted octanol–water partition coefficient (Wildman–Crippen LogP) is 4.89. The molecule has 1 aliphatic rings. The SMILES string of the molecule is CCO.Cc1ccc(C)c(Oc2ccc3c(c2)O[C@@H](C(F)(F)F)C(C(=O)O)=C3)c1. The first-order valence-corrected chi connectivity index (χ1v) is 8.75. The van der Waals surface area contributed by atoms with Crippen LogP contribution < -0.4 is 9.47 Å². The zero-order chi connectivity index (χ0) is 21.8. The number of halogens is 3. The van der Waals surface area contributed by atoms with Gasteiger partial charge < -0.3 is 19.7 Å². The van der Waals surface area contributed by atoms with Gasteiger partial charge in [-0.1, -0.05) is 12.1 Å². The fourth-order valence-electron chi connectivity index (χ4n) is 2.59. The first-order chi connectivity index (χ1) is 13.6. The summed E-state index contributed by atoms with van der Waals surface area (Å²) in [5.41, 5.74) is 1.24. The molecule has 156 valence electrons. The third kappa shape index (κ3) is 5.51. The summed E-state index contributed by atoms with van der Waals surface area (Å²) in [7, 11) is 0. The van der Waals surface area contributed by atoms with E-state index in [1.165, 1.54) is 12.1 Å². The number of carboxylic acid groups (broad SMARTS) is 1. The molecule has 5 nitrogen and oxygen atoms in total. The van der Waals surface area contributed by atoms with E-state index in [-0.39, 0.29) is 17.9 Å². The van der Waals surface area contributed by atoms with Gasteiger partial charge in [0.25, 0.3) is 0 Å². The Kier molecular flexibility index (Phi) is 6.92. The molecule has 0 radical (unpaired) electrons. The molecule has 8 heteroatoms. The van der Waals surface area contributed by atoms with Crippen molar-refractivity contribution < 1.29 is 37.7 Å². The van der Waals surface area contributed by atoms with Crippen LogP contribution in [0.25, 0.3) is 6.08 Å². The van der Waals surface area contributed by atoms with Crippen molar-refractivity contribution in [3.8, 4) is 17.2 Å². The lowest BCUT2D eigenvalue weighted by Gasteiger charge is -2.27. The maximum absolute atomic E-state index is 13.1. The summed E-state index contributed by atoms with van der Waals surface area (Å²) < 4.78 is 50.1. The second-order valence-electron chi connectivity index (χ2n) is 6.33. The summed E-state index contributed by atoms with van der Waals surface area (Å²) in [6.07, 6.45) is -6.39. The van der Waals surface area contributed by atoms with Crippen LogP contribution in [0.2, 0.25) is 0 Å². The van der Waals surface area contributed by atoms with Gasteiger partial charge in [0.1, 0.15) is 17.2 Å². The lowest BCUT2D eigenvalue weighted by molar-refractivity contribution is -0.187. The van der Waals surface area contributed by atoms with Crippen molar-refractivity contribution in [2.45, 2.75) is 33.1 Å². The average Bonchev–Trinajstić information content (AvgIpc) is 2.63. The van der Waals surface area contributed by atoms with Gasteiger partial charge in [0, 0.05) is 18.2 Å². The van der Waals surface area contributed by atoms with E-state index in [0.29, 0.717) is 11.5 Å². The van der Waals surface area contributed by atoms with Gasteiger partial charge in [-0.2, -0.15) is 13.2 Å². The normalized spacial score (nSPS) is 15.3. The van der Waals surface area contributed by atoms with Gasteiger partial charge in [0.2, 0.25) is 6.10 Å². The molecule has 0 spiro atoms. The Morgan fingerprint density at radius 1 is 1.17 bits per heavy atom. The summed E-state index contributed by atoms with van der Waals surface area (Å²) >= 11 is 0. The van der Waals surface area contributed by atoms with Crippen LogP contribution in [0.5, 0.6) is 17.2 Å². The molecule has 29 heavy (non-hydrogen) atoms. The van der Waals surface area contributed by atoms with E-state index in [4.69, 9.17) is 19.7 Å². The molecule has 2 N–H and O–H groups in total. The van der Waals surface area contributed by atoms with E-state index in [2.05, 4.69) is 0 Å². The number of hydrogen-bond donors (Lipinski definition) is 2. The molecule has 2 aromatic carbocycles. The number of alkyl halides is 3. The average molecular weight is 410 g/mol. The number of carboxylic acids is 1. The Balaban J connectivity index is 0.000000941.